The monoisotopic (exact) mass is 577 g/mol. The lowest BCUT2D eigenvalue weighted by Crippen LogP contribution is -2.24. The Morgan fingerprint density at radius 2 is 1.47 bits per heavy atom. The fourth-order valence-corrected chi connectivity index (χ4v) is 8.01. The molecule has 0 radical (unpaired) electrons. The Morgan fingerprint density at radius 1 is 0.698 bits per heavy atom. The van der Waals surface area contributed by atoms with Gasteiger partial charge in [0.1, 0.15) is 5.82 Å². The summed E-state index contributed by atoms with van der Waals surface area (Å²) in [6.45, 7) is 4.60. The van der Waals surface area contributed by atoms with E-state index in [0.29, 0.717) is 11.1 Å². The SMILES string of the molecule is CC1(C)c2ccccc2Sc2c1ccc1c3ccc(C(F)c4cccc(-c5ccccn5)c4)cc3n(-c3ccccn3)c21. The lowest BCUT2D eigenvalue weighted by molar-refractivity contribution is 0.402. The molecule has 1 aliphatic heterocycles. The van der Waals surface area contributed by atoms with Crippen molar-refractivity contribution in [3.63, 3.8) is 0 Å². The summed E-state index contributed by atoms with van der Waals surface area (Å²) in [5.41, 5.74) is 7.47. The highest BCUT2D eigenvalue weighted by Crippen LogP contribution is 2.52. The Hall–Kier alpha value is -4.74. The van der Waals surface area contributed by atoms with Gasteiger partial charge in [-0.1, -0.05) is 98.4 Å². The van der Waals surface area contributed by atoms with Gasteiger partial charge in [0.2, 0.25) is 0 Å². The molecule has 3 aromatic heterocycles. The van der Waals surface area contributed by atoms with Crippen LogP contribution in [0.2, 0.25) is 0 Å². The molecule has 3 nitrogen and oxygen atoms in total. The molecule has 7 aromatic rings. The zero-order valence-electron chi connectivity index (χ0n) is 23.8. The van der Waals surface area contributed by atoms with E-state index in [9.17, 15) is 0 Å². The molecule has 8 rings (SSSR count). The van der Waals surface area contributed by atoms with Crippen molar-refractivity contribution in [1.29, 1.82) is 0 Å². The standard InChI is InChI=1S/C38H28FN3S/c1-38(2)29-12-3-4-14-33(29)43-37-30(38)19-18-28-27-17-16-26(23-32(27)42(36(28)37)34-15-6-8-21-41-34)35(39)25-11-9-10-24(22-25)31-13-5-7-20-40-31/h3-23,35H,1-2H3. The van der Waals surface area contributed by atoms with Crippen molar-refractivity contribution in [3.05, 3.63) is 150 Å². The molecule has 1 atom stereocenters. The minimum atomic E-state index is -1.29. The molecule has 0 saturated heterocycles. The summed E-state index contributed by atoms with van der Waals surface area (Å²) in [5, 5.41) is 2.22. The maximum atomic E-state index is 16.4. The third-order valence-electron chi connectivity index (χ3n) is 8.66. The molecule has 0 aliphatic carbocycles. The highest BCUT2D eigenvalue weighted by molar-refractivity contribution is 7.99. The third-order valence-corrected chi connectivity index (χ3v) is 9.86. The van der Waals surface area contributed by atoms with Crippen LogP contribution < -0.4 is 0 Å². The van der Waals surface area contributed by atoms with E-state index in [1.807, 2.05) is 90.8 Å². The van der Waals surface area contributed by atoms with Crippen molar-refractivity contribution >= 4 is 33.6 Å². The first kappa shape index (κ1) is 25.9. The van der Waals surface area contributed by atoms with E-state index in [-0.39, 0.29) is 5.41 Å². The predicted octanol–water partition coefficient (Wildman–Crippen LogP) is 10.1. The van der Waals surface area contributed by atoms with Gasteiger partial charge in [-0.05, 0) is 64.7 Å². The van der Waals surface area contributed by atoms with Crippen molar-refractivity contribution in [1.82, 2.24) is 14.5 Å². The van der Waals surface area contributed by atoms with Gasteiger partial charge in [-0.15, -0.1) is 0 Å². The molecule has 43 heavy (non-hydrogen) atoms. The van der Waals surface area contributed by atoms with Gasteiger partial charge in [0.25, 0.3) is 0 Å². The van der Waals surface area contributed by atoms with E-state index in [1.54, 1.807) is 6.20 Å². The second-order valence-electron chi connectivity index (χ2n) is 11.6. The Balaban J connectivity index is 1.35. The molecule has 0 fully saturated rings. The van der Waals surface area contributed by atoms with E-state index >= 15 is 4.39 Å². The van der Waals surface area contributed by atoms with E-state index in [0.717, 1.165) is 38.9 Å². The molecule has 1 aliphatic rings. The number of aromatic nitrogens is 3. The first-order chi connectivity index (χ1) is 21.0. The quantitative estimate of drug-likeness (QED) is 0.209. The van der Waals surface area contributed by atoms with Gasteiger partial charge in [-0.2, -0.15) is 0 Å². The number of nitrogens with zero attached hydrogens (tertiary/aromatic N) is 3. The van der Waals surface area contributed by atoms with Crippen molar-refractivity contribution in [2.45, 2.75) is 35.2 Å². The highest BCUT2D eigenvalue weighted by Gasteiger charge is 2.35. The van der Waals surface area contributed by atoms with Crippen LogP contribution in [0.5, 0.6) is 0 Å². The zero-order valence-corrected chi connectivity index (χ0v) is 24.6. The summed E-state index contributed by atoms with van der Waals surface area (Å²) in [6, 6.07) is 38.5. The molecule has 0 amide bonds. The second-order valence-corrected chi connectivity index (χ2v) is 12.6. The number of fused-ring (bicyclic) bond motifs is 6. The average molecular weight is 578 g/mol. The average Bonchev–Trinajstić information content (AvgIpc) is 3.39. The summed E-state index contributed by atoms with van der Waals surface area (Å²) in [7, 11) is 0. The van der Waals surface area contributed by atoms with Crippen LogP contribution >= 0.6 is 11.8 Å². The van der Waals surface area contributed by atoms with Gasteiger partial charge >= 0.3 is 0 Å². The first-order valence-corrected chi connectivity index (χ1v) is 15.3. The summed E-state index contributed by atoms with van der Waals surface area (Å²) in [4.78, 5) is 11.7. The predicted molar refractivity (Wildman–Crippen MR) is 174 cm³/mol. The largest absolute Gasteiger partial charge is 0.293 e. The Labute approximate surface area is 254 Å². The van der Waals surface area contributed by atoms with Gasteiger partial charge in [0.15, 0.2) is 6.17 Å². The minimum absolute atomic E-state index is 0.162. The molecule has 0 spiro atoms. The van der Waals surface area contributed by atoms with Crippen LogP contribution in [0.3, 0.4) is 0 Å². The molecule has 0 bridgehead atoms. The summed E-state index contributed by atoms with van der Waals surface area (Å²) < 4.78 is 18.6. The lowest BCUT2D eigenvalue weighted by Gasteiger charge is -2.35. The van der Waals surface area contributed by atoms with Crippen LogP contribution in [-0.2, 0) is 5.41 Å². The fourth-order valence-electron chi connectivity index (χ4n) is 6.48. The van der Waals surface area contributed by atoms with Crippen LogP contribution in [-0.4, -0.2) is 14.5 Å². The van der Waals surface area contributed by atoms with Crippen molar-refractivity contribution in [2.24, 2.45) is 0 Å². The normalized spacial score (nSPS) is 14.4. The molecule has 0 saturated carbocycles. The molecule has 1 unspecified atom stereocenters. The topological polar surface area (TPSA) is 30.7 Å². The van der Waals surface area contributed by atoms with Crippen LogP contribution in [0.15, 0.2) is 137 Å². The zero-order chi connectivity index (χ0) is 29.1. The van der Waals surface area contributed by atoms with Gasteiger partial charge in [0, 0.05) is 43.9 Å². The van der Waals surface area contributed by atoms with Crippen LogP contribution in [0.25, 0.3) is 38.9 Å². The Morgan fingerprint density at radius 3 is 2.28 bits per heavy atom. The molecular formula is C38H28FN3S. The van der Waals surface area contributed by atoms with E-state index in [1.165, 1.54) is 20.9 Å². The molecule has 4 heterocycles. The minimum Gasteiger partial charge on any atom is -0.293 e. The number of alkyl halides is 1. The smallest absolute Gasteiger partial charge is 0.150 e. The first-order valence-electron chi connectivity index (χ1n) is 14.5. The van der Waals surface area contributed by atoms with Crippen molar-refractivity contribution < 1.29 is 4.39 Å². The van der Waals surface area contributed by atoms with Crippen molar-refractivity contribution in [2.75, 3.05) is 0 Å². The van der Waals surface area contributed by atoms with E-state index < -0.39 is 6.17 Å². The van der Waals surface area contributed by atoms with Crippen LogP contribution in [0, 0.1) is 0 Å². The Kier molecular flexibility index (Phi) is 5.98. The van der Waals surface area contributed by atoms with Crippen molar-refractivity contribution in [3.8, 4) is 17.1 Å². The second kappa shape index (κ2) is 9.92. The summed E-state index contributed by atoms with van der Waals surface area (Å²) in [6.07, 6.45) is 2.28. The number of hydrogen-bond acceptors (Lipinski definition) is 3. The number of halogens is 1. The number of rotatable bonds is 4. The van der Waals surface area contributed by atoms with Crippen LogP contribution in [0.4, 0.5) is 4.39 Å². The fraction of sp³-hybridized carbons (Fsp3) is 0.105. The van der Waals surface area contributed by atoms with Gasteiger partial charge in [0.05, 0.1) is 16.7 Å². The summed E-state index contributed by atoms with van der Waals surface area (Å²) in [5.74, 6) is 0.817. The van der Waals surface area contributed by atoms with Crippen LogP contribution in [0.1, 0.15) is 42.3 Å². The van der Waals surface area contributed by atoms with E-state index in [4.69, 9.17) is 4.98 Å². The highest BCUT2D eigenvalue weighted by atomic mass is 32.2. The molecular weight excluding hydrogens is 550 g/mol. The lowest BCUT2D eigenvalue weighted by atomic mass is 9.77. The molecule has 5 heteroatoms. The third kappa shape index (κ3) is 4.10. The van der Waals surface area contributed by atoms with E-state index in [2.05, 4.69) is 65.9 Å². The maximum absolute atomic E-state index is 16.4. The Bertz CT molecular complexity index is 2150. The van der Waals surface area contributed by atoms with Gasteiger partial charge < -0.3 is 0 Å². The number of pyridine rings is 2. The van der Waals surface area contributed by atoms with Gasteiger partial charge in [-0.25, -0.2) is 9.37 Å². The maximum Gasteiger partial charge on any atom is 0.150 e. The number of hydrogen-bond donors (Lipinski definition) is 0. The molecule has 0 N–H and O–H groups in total. The van der Waals surface area contributed by atoms with Gasteiger partial charge in [-0.3, -0.25) is 9.55 Å². The molecule has 4 aromatic carbocycles. The summed E-state index contributed by atoms with van der Waals surface area (Å²) >= 11 is 1.82. The number of benzene rings is 4. The molecule has 208 valence electrons.